The maximum atomic E-state index is 6.98. The van der Waals surface area contributed by atoms with E-state index in [-0.39, 0.29) is 5.41 Å². The second-order valence-electron chi connectivity index (χ2n) is 18.9. The van der Waals surface area contributed by atoms with Gasteiger partial charge < -0.3 is 14.5 Å². The molecule has 1 aliphatic carbocycles. The summed E-state index contributed by atoms with van der Waals surface area (Å²) in [5.41, 5.74) is 21.1. The predicted molar refractivity (Wildman–Crippen MR) is 293 cm³/mol. The van der Waals surface area contributed by atoms with Crippen LogP contribution in [-0.2, 0) is 5.41 Å². The minimum Gasteiger partial charge on any atom is -0.454 e. The van der Waals surface area contributed by atoms with Crippen LogP contribution in [0.3, 0.4) is 0 Å². The first-order valence-corrected chi connectivity index (χ1v) is 24.2. The summed E-state index contributed by atoms with van der Waals surface area (Å²) in [7, 11) is 0. The van der Waals surface area contributed by atoms with Crippen LogP contribution in [0.1, 0.15) is 25.0 Å². The first-order chi connectivity index (χ1) is 34.5. The van der Waals surface area contributed by atoms with Crippen molar-refractivity contribution >= 4 is 44.9 Å². The fourth-order valence-electron chi connectivity index (χ4n) is 11.0. The van der Waals surface area contributed by atoms with Crippen molar-refractivity contribution in [2.75, 3.05) is 9.80 Å². The van der Waals surface area contributed by atoms with Crippen molar-refractivity contribution in [3.05, 3.63) is 266 Å². The summed E-state index contributed by atoms with van der Waals surface area (Å²) in [6.45, 7) is 4.68. The molecule has 3 nitrogen and oxygen atoms in total. The number of para-hydroxylation sites is 3. The van der Waals surface area contributed by atoms with E-state index >= 15 is 0 Å². The fourth-order valence-corrected chi connectivity index (χ4v) is 11.0. The maximum absolute atomic E-state index is 6.98. The molecule has 0 atom stereocenters. The summed E-state index contributed by atoms with van der Waals surface area (Å²) in [6.07, 6.45) is 0. The number of hydrogen-bond acceptors (Lipinski definition) is 3. The average molecular weight is 897 g/mol. The van der Waals surface area contributed by atoms with Crippen molar-refractivity contribution < 1.29 is 4.74 Å². The Bertz CT molecular complexity index is 3690. The molecule has 13 rings (SSSR count). The van der Waals surface area contributed by atoms with Gasteiger partial charge in [-0.3, -0.25) is 0 Å². The molecule has 70 heavy (non-hydrogen) atoms. The summed E-state index contributed by atoms with van der Waals surface area (Å²) in [4.78, 5) is 4.67. The lowest BCUT2D eigenvalue weighted by Gasteiger charge is -2.30. The van der Waals surface area contributed by atoms with Gasteiger partial charge in [-0.25, -0.2) is 0 Å². The van der Waals surface area contributed by atoms with Gasteiger partial charge in [0.05, 0.1) is 5.69 Å². The smallest absolute Gasteiger partial charge is 0.159 e. The third kappa shape index (κ3) is 6.89. The largest absolute Gasteiger partial charge is 0.454 e. The number of anilines is 6. The lowest BCUT2D eigenvalue weighted by molar-refractivity contribution is 0.488. The zero-order valence-electron chi connectivity index (χ0n) is 39.1. The number of hydrogen-bond donors (Lipinski definition) is 0. The molecule has 0 saturated heterocycles. The Labute approximate surface area is 409 Å². The van der Waals surface area contributed by atoms with E-state index in [4.69, 9.17) is 4.74 Å². The van der Waals surface area contributed by atoms with Crippen LogP contribution < -0.4 is 14.5 Å². The molecule has 11 aromatic rings. The Morgan fingerprint density at radius 2 is 0.800 bits per heavy atom. The van der Waals surface area contributed by atoms with Crippen LogP contribution in [0.15, 0.2) is 255 Å². The first kappa shape index (κ1) is 41.3. The van der Waals surface area contributed by atoms with Crippen LogP contribution in [-0.4, -0.2) is 0 Å². The van der Waals surface area contributed by atoms with Crippen LogP contribution in [0.5, 0.6) is 11.5 Å². The molecular weight excluding hydrogens is 849 g/mol. The summed E-state index contributed by atoms with van der Waals surface area (Å²) < 4.78 is 6.98. The number of nitrogens with zero attached hydrogens (tertiary/aromatic N) is 2. The van der Waals surface area contributed by atoms with Crippen molar-refractivity contribution in [1.29, 1.82) is 0 Å². The molecule has 0 radical (unpaired) electrons. The Morgan fingerprint density at radius 1 is 0.314 bits per heavy atom. The highest BCUT2D eigenvalue weighted by molar-refractivity contribution is 6.11. The standard InChI is InChI=1S/C67H48N2O/c1-67(2)61-26-13-12-22-56(61)60-44-54(40-42-62(60)67)68(52-36-32-47(33-37-52)45-16-6-3-7-17-45)53-38-34-48(35-39-53)46-28-30-49(31-29-46)55-41-43-64-65-57(55)23-14-24-58(65)59-25-15-27-63(66(59)70-64)69(50-18-8-4-9-19-50)51-20-10-5-11-21-51/h3-44H,1-2H3. The molecule has 0 N–H and O–H groups in total. The van der Waals surface area contributed by atoms with E-state index in [2.05, 4.69) is 278 Å². The summed E-state index contributed by atoms with van der Waals surface area (Å²) in [6, 6.07) is 92.0. The van der Waals surface area contributed by atoms with Crippen LogP contribution in [0, 0.1) is 0 Å². The molecule has 0 spiro atoms. The summed E-state index contributed by atoms with van der Waals surface area (Å²) in [5.74, 6) is 1.71. The van der Waals surface area contributed by atoms with Crippen molar-refractivity contribution in [1.82, 2.24) is 0 Å². The van der Waals surface area contributed by atoms with Gasteiger partial charge in [0.2, 0.25) is 0 Å². The molecule has 0 fully saturated rings. The molecule has 2 aliphatic rings. The van der Waals surface area contributed by atoms with Crippen molar-refractivity contribution in [3.63, 3.8) is 0 Å². The third-order valence-electron chi connectivity index (χ3n) is 14.5. The topological polar surface area (TPSA) is 15.7 Å². The zero-order valence-corrected chi connectivity index (χ0v) is 39.1. The maximum Gasteiger partial charge on any atom is 0.159 e. The van der Waals surface area contributed by atoms with Crippen LogP contribution in [0.2, 0.25) is 0 Å². The van der Waals surface area contributed by atoms with Gasteiger partial charge in [-0.2, -0.15) is 0 Å². The zero-order chi connectivity index (χ0) is 46.8. The molecular formula is C67H48N2O. The third-order valence-corrected chi connectivity index (χ3v) is 14.5. The Kier molecular flexibility index (Phi) is 9.85. The summed E-state index contributed by atoms with van der Waals surface area (Å²) >= 11 is 0. The van der Waals surface area contributed by atoms with Crippen molar-refractivity contribution in [2.45, 2.75) is 19.3 Å². The van der Waals surface area contributed by atoms with E-state index in [1.54, 1.807) is 0 Å². The average Bonchev–Trinajstić information content (AvgIpc) is 3.65. The minimum absolute atomic E-state index is 0.0581. The number of fused-ring (bicyclic) bond motifs is 5. The van der Waals surface area contributed by atoms with E-state index < -0.39 is 0 Å². The SMILES string of the molecule is CC1(C)c2ccccc2-c2cc(N(c3ccc(-c4ccccc4)cc3)c3ccc(-c4ccc(-c5ccc6c7c(cccc57)-c5cccc(N(c7ccccc7)c7ccccc7)c5O6)cc4)cc3)ccc21. The Morgan fingerprint density at radius 3 is 1.46 bits per heavy atom. The molecule has 11 aromatic carbocycles. The molecule has 332 valence electrons. The lowest BCUT2D eigenvalue weighted by Crippen LogP contribution is -2.15. The number of benzene rings is 11. The predicted octanol–water partition coefficient (Wildman–Crippen LogP) is 18.9. The second kappa shape index (κ2) is 16.7. The van der Waals surface area contributed by atoms with Gasteiger partial charge >= 0.3 is 0 Å². The van der Waals surface area contributed by atoms with Crippen molar-refractivity contribution in [2.24, 2.45) is 0 Å². The highest BCUT2D eigenvalue weighted by atomic mass is 16.5. The molecule has 0 saturated carbocycles. The van der Waals surface area contributed by atoms with Gasteiger partial charge in [0, 0.05) is 44.8 Å². The first-order valence-electron chi connectivity index (χ1n) is 24.2. The molecule has 1 aliphatic heterocycles. The van der Waals surface area contributed by atoms with Crippen LogP contribution >= 0.6 is 0 Å². The molecule has 3 heteroatoms. The monoisotopic (exact) mass is 896 g/mol. The van der Waals surface area contributed by atoms with Gasteiger partial charge in [-0.1, -0.05) is 196 Å². The quantitative estimate of drug-likeness (QED) is 0.144. The minimum atomic E-state index is -0.0581. The second-order valence-corrected chi connectivity index (χ2v) is 18.9. The van der Waals surface area contributed by atoms with E-state index in [0.29, 0.717) is 0 Å². The van der Waals surface area contributed by atoms with E-state index in [1.807, 2.05) is 0 Å². The van der Waals surface area contributed by atoms with Gasteiger partial charge in [-0.15, -0.1) is 0 Å². The highest BCUT2D eigenvalue weighted by Crippen LogP contribution is 2.54. The van der Waals surface area contributed by atoms with E-state index in [0.717, 1.165) is 67.7 Å². The highest BCUT2D eigenvalue weighted by Gasteiger charge is 2.35. The van der Waals surface area contributed by atoms with Gasteiger partial charge in [0.15, 0.2) is 5.75 Å². The number of ether oxygens (including phenoxy) is 1. The van der Waals surface area contributed by atoms with Crippen molar-refractivity contribution in [3.8, 4) is 67.1 Å². The van der Waals surface area contributed by atoms with Crippen LogP contribution in [0.25, 0.3) is 66.4 Å². The Hall–Kier alpha value is -8.92. The normalized spacial score (nSPS) is 12.7. The number of rotatable bonds is 9. The molecule has 0 unspecified atom stereocenters. The van der Waals surface area contributed by atoms with E-state index in [9.17, 15) is 0 Å². The lowest BCUT2D eigenvalue weighted by atomic mass is 9.82. The molecule has 1 heterocycles. The molecule has 0 amide bonds. The molecule has 0 bridgehead atoms. The van der Waals surface area contributed by atoms with E-state index in [1.165, 1.54) is 55.5 Å². The van der Waals surface area contributed by atoms with Gasteiger partial charge in [0.1, 0.15) is 5.75 Å². The van der Waals surface area contributed by atoms with Gasteiger partial charge in [0.25, 0.3) is 0 Å². The molecule has 0 aromatic heterocycles. The van der Waals surface area contributed by atoms with Gasteiger partial charge in [-0.05, 0) is 139 Å². The fraction of sp³-hybridized carbons (Fsp3) is 0.0448. The Balaban J connectivity index is 0.832. The summed E-state index contributed by atoms with van der Waals surface area (Å²) in [5, 5.41) is 2.30. The van der Waals surface area contributed by atoms with Crippen LogP contribution in [0.4, 0.5) is 34.1 Å².